The number of carbonyl (C=O) groups is 1. The topological polar surface area (TPSA) is 66.9 Å². The summed E-state index contributed by atoms with van der Waals surface area (Å²) in [5, 5.41) is 17.5. The standard InChI is InChI=1S/C16H24N4OS3/c1-10(2)13(11-7-6-8-22-11)17-12(21)9-23-15-20-19-14(24-15)18-16(3,4)5/h6-8,10,13H,9H2,1-5H3,(H,17,21)(H,18,19)/t13-/m1/s1. The number of nitrogens with zero attached hydrogens (tertiary/aromatic N) is 2. The van der Waals surface area contributed by atoms with Gasteiger partial charge in [0.15, 0.2) is 4.34 Å². The molecule has 2 N–H and O–H groups in total. The Morgan fingerprint density at radius 3 is 2.67 bits per heavy atom. The number of thioether (sulfide) groups is 1. The van der Waals surface area contributed by atoms with Gasteiger partial charge in [-0.3, -0.25) is 4.79 Å². The SMILES string of the molecule is CC(C)[C@@H](NC(=O)CSc1nnc(NC(C)(C)C)s1)c1cccs1. The summed E-state index contributed by atoms with van der Waals surface area (Å²) < 4.78 is 0.800. The van der Waals surface area contributed by atoms with Crippen molar-refractivity contribution in [2.45, 2.75) is 50.5 Å². The molecule has 0 aliphatic carbocycles. The van der Waals surface area contributed by atoms with E-state index < -0.39 is 0 Å². The van der Waals surface area contributed by atoms with Crippen LogP contribution >= 0.6 is 34.4 Å². The van der Waals surface area contributed by atoms with Crippen molar-refractivity contribution in [3.63, 3.8) is 0 Å². The molecule has 24 heavy (non-hydrogen) atoms. The first-order valence-corrected chi connectivity index (χ1v) is 10.5. The Balaban J connectivity index is 1.86. The molecule has 132 valence electrons. The number of rotatable bonds is 7. The summed E-state index contributed by atoms with van der Waals surface area (Å²) in [6.45, 7) is 10.5. The van der Waals surface area contributed by atoms with Crippen LogP contribution in [0.3, 0.4) is 0 Å². The fraction of sp³-hybridized carbons (Fsp3) is 0.562. The maximum atomic E-state index is 12.3. The summed E-state index contributed by atoms with van der Waals surface area (Å²) in [6.07, 6.45) is 0. The molecule has 2 heterocycles. The number of nitrogens with one attached hydrogen (secondary N) is 2. The minimum atomic E-state index is -0.0515. The molecule has 0 fully saturated rings. The van der Waals surface area contributed by atoms with E-state index in [0.717, 1.165) is 9.47 Å². The number of hydrogen-bond acceptors (Lipinski definition) is 7. The molecule has 2 rings (SSSR count). The second-order valence-electron chi connectivity index (χ2n) is 6.84. The van der Waals surface area contributed by atoms with Crippen molar-refractivity contribution in [2.75, 3.05) is 11.1 Å². The summed E-state index contributed by atoms with van der Waals surface area (Å²) in [5.41, 5.74) is -0.0515. The van der Waals surface area contributed by atoms with Gasteiger partial charge in [-0.15, -0.1) is 21.5 Å². The van der Waals surface area contributed by atoms with Crippen LogP contribution in [-0.2, 0) is 4.79 Å². The van der Waals surface area contributed by atoms with E-state index in [1.54, 1.807) is 11.3 Å². The summed E-state index contributed by atoms with van der Waals surface area (Å²) >= 11 is 4.57. The molecule has 0 saturated heterocycles. The average molecular weight is 385 g/mol. The van der Waals surface area contributed by atoms with Crippen LogP contribution in [0.15, 0.2) is 21.9 Å². The Bertz CT molecular complexity index is 647. The number of anilines is 1. The van der Waals surface area contributed by atoms with Crippen LogP contribution in [0.5, 0.6) is 0 Å². The normalized spacial score (nSPS) is 13.1. The largest absolute Gasteiger partial charge is 0.355 e. The molecule has 0 aliphatic heterocycles. The highest BCUT2D eigenvalue weighted by molar-refractivity contribution is 8.01. The predicted molar refractivity (Wildman–Crippen MR) is 104 cm³/mol. The van der Waals surface area contributed by atoms with E-state index in [9.17, 15) is 4.79 Å². The van der Waals surface area contributed by atoms with Gasteiger partial charge in [-0.1, -0.05) is 43.0 Å². The van der Waals surface area contributed by atoms with Crippen molar-refractivity contribution >= 4 is 45.5 Å². The zero-order chi connectivity index (χ0) is 17.7. The van der Waals surface area contributed by atoms with Crippen molar-refractivity contribution in [2.24, 2.45) is 5.92 Å². The van der Waals surface area contributed by atoms with Crippen LogP contribution in [0.1, 0.15) is 45.5 Å². The molecule has 8 heteroatoms. The maximum Gasteiger partial charge on any atom is 0.230 e. The van der Waals surface area contributed by atoms with E-state index in [-0.39, 0.29) is 17.5 Å². The summed E-state index contributed by atoms with van der Waals surface area (Å²) in [6, 6.07) is 4.14. The summed E-state index contributed by atoms with van der Waals surface area (Å²) in [7, 11) is 0. The van der Waals surface area contributed by atoms with Crippen LogP contribution in [0.25, 0.3) is 0 Å². The number of carbonyl (C=O) groups excluding carboxylic acids is 1. The third-order valence-corrected chi connectivity index (χ3v) is 5.98. The highest BCUT2D eigenvalue weighted by Gasteiger charge is 2.20. The molecular formula is C16H24N4OS3. The molecule has 5 nitrogen and oxygen atoms in total. The van der Waals surface area contributed by atoms with Crippen LogP contribution in [0, 0.1) is 5.92 Å². The van der Waals surface area contributed by atoms with Crippen molar-refractivity contribution < 1.29 is 4.79 Å². The van der Waals surface area contributed by atoms with Gasteiger partial charge in [-0.05, 0) is 38.1 Å². The molecule has 2 aromatic heterocycles. The lowest BCUT2D eigenvalue weighted by Crippen LogP contribution is -2.32. The van der Waals surface area contributed by atoms with Crippen LogP contribution in [0.4, 0.5) is 5.13 Å². The van der Waals surface area contributed by atoms with Crippen LogP contribution in [0.2, 0.25) is 0 Å². The van der Waals surface area contributed by atoms with Crippen LogP contribution in [-0.4, -0.2) is 27.4 Å². The van der Waals surface area contributed by atoms with Gasteiger partial charge in [0.2, 0.25) is 11.0 Å². The molecule has 1 atom stereocenters. The van der Waals surface area contributed by atoms with Gasteiger partial charge in [0, 0.05) is 10.4 Å². The van der Waals surface area contributed by atoms with E-state index in [2.05, 4.69) is 61.5 Å². The van der Waals surface area contributed by atoms with Crippen molar-refractivity contribution in [1.82, 2.24) is 15.5 Å². The quantitative estimate of drug-likeness (QED) is 0.692. The van der Waals surface area contributed by atoms with E-state index in [4.69, 9.17) is 0 Å². The van der Waals surface area contributed by atoms with E-state index in [1.807, 2.05) is 11.4 Å². The molecule has 0 bridgehead atoms. The molecule has 1 amide bonds. The number of amides is 1. The lowest BCUT2D eigenvalue weighted by molar-refractivity contribution is -0.119. The molecule has 0 spiro atoms. The van der Waals surface area contributed by atoms with Gasteiger partial charge < -0.3 is 10.6 Å². The second kappa shape index (κ2) is 8.31. The average Bonchev–Trinajstić information content (AvgIpc) is 3.12. The molecule has 0 unspecified atom stereocenters. The third-order valence-electron chi connectivity index (χ3n) is 3.05. The number of thiophene rings is 1. The highest BCUT2D eigenvalue weighted by Crippen LogP contribution is 2.28. The van der Waals surface area contributed by atoms with Gasteiger partial charge in [0.1, 0.15) is 0 Å². The number of hydrogen-bond donors (Lipinski definition) is 2. The maximum absolute atomic E-state index is 12.3. The molecule has 0 aromatic carbocycles. The first kappa shape index (κ1) is 19.2. The Morgan fingerprint density at radius 1 is 1.33 bits per heavy atom. The van der Waals surface area contributed by atoms with Gasteiger partial charge in [0.25, 0.3) is 0 Å². The fourth-order valence-electron chi connectivity index (χ4n) is 2.02. The summed E-state index contributed by atoms with van der Waals surface area (Å²) in [5.74, 6) is 0.716. The predicted octanol–water partition coefficient (Wildman–Crippen LogP) is 4.42. The van der Waals surface area contributed by atoms with E-state index >= 15 is 0 Å². The van der Waals surface area contributed by atoms with Gasteiger partial charge in [-0.2, -0.15) is 0 Å². The van der Waals surface area contributed by atoms with Gasteiger partial charge >= 0.3 is 0 Å². The first-order valence-electron chi connectivity index (χ1n) is 7.82. The van der Waals surface area contributed by atoms with Crippen LogP contribution < -0.4 is 10.6 Å². The Labute approximate surface area is 155 Å². The van der Waals surface area contributed by atoms with Crippen molar-refractivity contribution in [3.8, 4) is 0 Å². The smallest absolute Gasteiger partial charge is 0.230 e. The molecule has 0 saturated carbocycles. The second-order valence-corrected chi connectivity index (χ2v) is 10.0. The van der Waals surface area contributed by atoms with E-state index in [1.165, 1.54) is 28.0 Å². The molecule has 2 aromatic rings. The molecular weight excluding hydrogens is 360 g/mol. The van der Waals surface area contributed by atoms with Gasteiger partial charge in [0.05, 0.1) is 11.8 Å². The highest BCUT2D eigenvalue weighted by atomic mass is 32.2. The summed E-state index contributed by atoms with van der Waals surface area (Å²) in [4.78, 5) is 13.5. The minimum absolute atomic E-state index is 0.0210. The fourth-order valence-corrected chi connectivity index (χ4v) is 4.74. The van der Waals surface area contributed by atoms with Crippen molar-refractivity contribution in [1.29, 1.82) is 0 Å². The minimum Gasteiger partial charge on any atom is -0.355 e. The third kappa shape index (κ3) is 6.07. The Morgan fingerprint density at radius 2 is 2.08 bits per heavy atom. The molecule has 0 aliphatic rings. The van der Waals surface area contributed by atoms with Gasteiger partial charge in [-0.25, -0.2) is 0 Å². The zero-order valence-electron chi connectivity index (χ0n) is 14.6. The number of aromatic nitrogens is 2. The first-order chi connectivity index (χ1) is 11.2. The van der Waals surface area contributed by atoms with E-state index in [0.29, 0.717) is 11.7 Å². The molecule has 0 radical (unpaired) electrons. The Hall–Kier alpha value is -1.12. The lowest BCUT2D eigenvalue weighted by Gasteiger charge is -2.21. The zero-order valence-corrected chi connectivity index (χ0v) is 17.1. The van der Waals surface area contributed by atoms with Crippen molar-refractivity contribution in [3.05, 3.63) is 22.4 Å². The Kier molecular flexibility index (Phi) is 6.65. The lowest BCUT2D eigenvalue weighted by atomic mass is 10.0. The monoisotopic (exact) mass is 384 g/mol.